The Balaban J connectivity index is 2.69. The highest BCUT2D eigenvalue weighted by Gasteiger charge is 2.26. The molecular weight excluding hydrogens is 294 g/mol. The molecular formula is C14H17NO5S. The summed E-state index contributed by atoms with van der Waals surface area (Å²) in [5, 5.41) is 19.8. The van der Waals surface area contributed by atoms with Crippen LogP contribution in [0.15, 0.2) is 30.3 Å². The first-order valence-corrected chi connectivity index (χ1v) is 6.97. The molecule has 1 aromatic rings. The third kappa shape index (κ3) is 5.86. The van der Waals surface area contributed by atoms with Gasteiger partial charge in [-0.2, -0.15) is 12.6 Å². The second kappa shape index (κ2) is 8.31. The summed E-state index contributed by atoms with van der Waals surface area (Å²) in [7, 11) is 0. The van der Waals surface area contributed by atoms with E-state index in [9.17, 15) is 14.4 Å². The lowest BCUT2D eigenvalue weighted by atomic mass is 9.99. The Hall–Kier alpha value is -2.02. The molecule has 0 aliphatic heterocycles. The first kappa shape index (κ1) is 17.0. The monoisotopic (exact) mass is 311 g/mol. The van der Waals surface area contributed by atoms with Gasteiger partial charge < -0.3 is 15.5 Å². The summed E-state index contributed by atoms with van der Waals surface area (Å²) in [4.78, 5) is 33.6. The molecule has 1 unspecified atom stereocenters. The van der Waals surface area contributed by atoms with Crippen LogP contribution >= 0.6 is 12.6 Å². The Bertz CT molecular complexity index is 505. The lowest BCUT2D eigenvalue weighted by Crippen LogP contribution is -2.45. The van der Waals surface area contributed by atoms with Gasteiger partial charge in [0.2, 0.25) is 5.91 Å². The zero-order valence-corrected chi connectivity index (χ0v) is 12.1. The lowest BCUT2D eigenvalue weighted by Gasteiger charge is -2.18. The van der Waals surface area contributed by atoms with E-state index in [0.29, 0.717) is 6.42 Å². The van der Waals surface area contributed by atoms with Crippen molar-refractivity contribution in [2.75, 3.05) is 5.75 Å². The molecule has 6 nitrogen and oxygen atoms in total. The van der Waals surface area contributed by atoms with Gasteiger partial charge in [0.25, 0.3) is 0 Å². The summed E-state index contributed by atoms with van der Waals surface area (Å²) in [6.07, 6.45) is -0.249. The number of carboxylic acid groups (broad SMARTS) is 2. The van der Waals surface area contributed by atoms with Crippen molar-refractivity contribution >= 4 is 30.5 Å². The van der Waals surface area contributed by atoms with Gasteiger partial charge in [0, 0.05) is 5.75 Å². The number of nitrogens with one attached hydrogen (secondary N) is 1. The van der Waals surface area contributed by atoms with Crippen LogP contribution in [0.3, 0.4) is 0 Å². The van der Waals surface area contributed by atoms with Gasteiger partial charge in [-0.15, -0.1) is 0 Å². The number of aliphatic carboxylic acids is 2. The van der Waals surface area contributed by atoms with E-state index in [1.54, 1.807) is 0 Å². The quantitative estimate of drug-likeness (QED) is 0.532. The molecule has 0 fully saturated rings. The third-order valence-electron chi connectivity index (χ3n) is 2.91. The fourth-order valence-corrected chi connectivity index (χ4v) is 2.10. The van der Waals surface area contributed by atoms with Crippen molar-refractivity contribution in [3.8, 4) is 0 Å². The van der Waals surface area contributed by atoms with Gasteiger partial charge in [-0.3, -0.25) is 9.59 Å². The molecule has 1 aromatic carbocycles. The smallest absolute Gasteiger partial charge is 0.326 e. The zero-order valence-electron chi connectivity index (χ0n) is 11.2. The summed E-state index contributed by atoms with van der Waals surface area (Å²) in [5.41, 5.74) is 0.928. The van der Waals surface area contributed by atoms with Crippen LogP contribution in [0.4, 0.5) is 0 Å². The van der Waals surface area contributed by atoms with Crippen molar-refractivity contribution in [3.63, 3.8) is 0 Å². The van der Waals surface area contributed by atoms with Crippen LogP contribution in [-0.4, -0.2) is 39.9 Å². The van der Waals surface area contributed by atoms with E-state index in [4.69, 9.17) is 10.2 Å². The van der Waals surface area contributed by atoms with E-state index in [1.165, 1.54) is 0 Å². The van der Waals surface area contributed by atoms with Crippen LogP contribution in [0, 0.1) is 5.92 Å². The molecule has 3 N–H and O–H groups in total. The molecule has 0 bridgehead atoms. The average Bonchev–Trinajstić information content (AvgIpc) is 2.44. The molecule has 0 aromatic heterocycles. The number of benzene rings is 1. The first-order chi connectivity index (χ1) is 9.93. The predicted molar refractivity (Wildman–Crippen MR) is 79.3 cm³/mol. The first-order valence-electron chi connectivity index (χ1n) is 6.33. The SMILES string of the molecule is O=C(O)C[C@H](NC(=O)C(CS)Cc1ccccc1)C(=O)O. The molecule has 0 radical (unpaired) electrons. The van der Waals surface area contributed by atoms with E-state index in [1.807, 2.05) is 30.3 Å². The van der Waals surface area contributed by atoms with E-state index < -0.39 is 36.2 Å². The standard InChI is InChI=1S/C14H17NO5S/c16-12(17)7-11(14(19)20)15-13(18)10(8-21)6-9-4-2-1-3-5-9/h1-5,10-11,21H,6-8H2,(H,15,18)(H,16,17)(H,19,20)/t10?,11-/m0/s1. The van der Waals surface area contributed by atoms with Gasteiger partial charge in [-0.05, 0) is 12.0 Å². The van der Waals surface area contributed by atoms with Crippen LogP contribution in [0.2, 0.25) is 0 Å². The largest absolute Gasteiger partial charge is 0.481 e. The van der Waals surface area contributed by atoms with Gasteiger partial charge >= 0.3 is 11.9 Å². The molecule has 1 amide bonds. The van der Waals surface area contributed by atoms with Crippen molar-refractivity contribution in [1.82, 2.24) is 5.32 Å². The molecule has 0 spiro atoms. The topological polar surface area (TPSA) is 104 Å². The van der Waals surface area contributed by atoms with Crippen LogP contribution in [-0.2, 0) is 20.8 Å². The lowest BCUT2D eigenvalue weighted by molar-refractivity contribution is -0.147. The Morgan fingerprint density at radius 2 is 1.76 bits per heavy atom. The minimum absolute atomic E-state index is 0.236. The normalized spacial score (nSPS) is 13.2. The summed E-state index contributed by atoms with van der Waals surface area (Å²) in [5.74, 6) is -3.45. The maximum Gasteiger partial charge on any atom is 0.326 e. The second-order valence-corrected chi connectivity index (χ2v) is 4.93. The van der Waals surface area contributed by atoms with E-state index in [-0.39, 0.29) is 5.75 Å². The molecule has 0 aliphatic carbocycles. The van der Waals surface area contributed by atoms with Crippen molar-refractivity contribution in [2.24, 2.45) is 5.92 Å². The maximum atomic E-state index is 12.1. The highest BCUT2D eigenvalue weighted by molar-refractivity contribution is 7.80. The number of carbonyl (C=O) groups excluding carboxylic acids is 1. The Labute approximate surface area is 127 Å². The van der Waals surface area contributed by atoms with Crippen molar-refractivity contribution in [1.29, 1.82) is 0 Å². The van der Waals surface area contributed by atoms with Gasteiger partial charge in [0.1, 0.15) is 6.04 Å². The highest BCUT2D eigenvalue weighted by Crippen LogP contribution is 2.11. The Morgan fingerprint density at radius 1 is 1.14 bits per heavy atom. The summed E-state index contributed by atoms with van der Waals surface area (Å²) in [6, 6.07) is 7.81. The number of thiol groups is 1. The Morgan fingerprint density at radius 3 is 2.24 bits per heavy atom. The number of carbonyl (C=O) groups is 3. The number of hydrogen-bond acceptors (Lipinski definition) is 4. The molecule has 0 saturated carbocycles. The number of rotatable bonds is 8. The molecule has 0 saturated heterocycles. The van der Waals surface area contributed by atoms with Crippen LogP contribution in [0.1, 0.15) is 12.0 Å². The fourth-order valence-electron chi connectivity index (χ4n) is 1.80. The van der Waals surface area contributed by atoms with Crippen molar-refractivity contribution < 1.29 is 24.6 Å². The van der Waals surface area contributed by atoms with Crippen molar-refractivity contribution in [2.45, 2.75) is 18.9 Å². The average molecular weight is 311 g/mol. The van der Waals surface area contributed by atoms with E-state index in [0.717, 1.165) is 5.56 Å². The minimum Gasteiger partial charge on any atom is -0.481 e. The summed E-state index contributed by atoms with van der Waals surface area (Å²) in [6.45, 7) is 0. The molecule has 21 heavy (non-hydrogen) atoms. The molecule has 0 heterocycles. The molecule has 114 valence electrons. The number of carboxylic acids is 2. The molecule has 0 aliphatic rings. The molecule has 1 rings (SSSR count). The third-order valence-corrected chi connectivity index (χ3v) is 3.35. The van der Waals surface area contributed by atoms with Gasteiger partial charge in [-0.25, -0.2) is 4.79 Å². The van der Waals surface area contributed by atoms with Gasteiger partial charge in [0.15, 0.2) is 0 Å². The number of hydrogen-bond donors (Lipinski definition) is 4. The van der Waals surface area contributed by atoms with E-state index in [2.05, 4.69) is 17.9 Å². The van der Waals surface area contributed by atoms with Gasteiger partial charge in [-0.1, -0.05) is 30.3 Å². The zero-order chi connectivity index (χ0) is 15.8. The Kier molecular flexibility index (Phi) is 6.74. The van der Waals surface area contributed by atoms with E-state index >= 15 is 0 Å². The van der Waals surface area contributed by atoms with Gasteiger partial charge in [0.05, 0.1) is 12.3 Å². The van der Waals surface area contributed by atoms with Crippen LogP contribution < -0.4 is 5.32 Å². The number of amides is 1. The minimum atomic E-state index is -1.44. The predicted octanol–water partition coefficient (Wildman–Crippen LogP) is 0.819. The highest BCUT2D eigenvalue weighted by atomic mass is 32.1. The van der Waals surface area contributed by atoms with Crippen molar-refractivity contribution in [3.05, 3.63) is 35.9 Å². The second-order valence-electron chi connectivity index (χ2n) is 4.57. The summed E-state index contributed by atoms with van der Waals surface area (Å²) < 4.78 is 0. The fraction of sp³-hybridized carbons (Fsp3) is 0.357. The van der Waals surface area contributed by atoms with Crippen LogP contribution in [0.5, 0.6) is 0 Å². The molecule has 2 atom stereocenters. The van der Waals surface area contributed by atoms with Crippen LogP contribution in [0.25, 0.3) is 0 Å². The maximum absolute atomic E-state index is 12.1. The summed E-state index contributed by atoms with van der Waals surface area (Å²) >= 11 is 4.10. The molecule has 7 heteroatoms.